The minimum atomic E-state index is 0.866. The molecule has 0 heterocycles. The Balaban J connectivity index is 4.12. The van der Waals surface area contributed by atoms with E-state index in [0.717, 1.165) is 19.5 Å². The molecular formula is C15H23N. The van der Waals surface area contributed by atoms with Gasteiger partial charge in [0.2, 0.25) is 0 Å². The lowest BCUT2D eigenvalue weighted by Crippen LogP contribution is -2.19. The van der Waals surface area contributed by atoms with Gasteiger partial charge in [-0.1, -0.05) is 62.1 Å². The van der Waals surface area contributed by atoms with Gasteiger partial charge < -0.3 is 5.32 Å². The second kappa shape index (κ2) is 10.2. The van der Waals surface area contributed by atoms with Crippen molar-refractivity contribution in [3.8, 4) is 0 Å². The number of nitrogens with one attached hydrogen (secondary N) is 1. The first-order valence-corrected chi connectivity index (χ1v) is 5.73. The van der Waals surface area contributed by atoms with Crippen molar-refractivity contribution in [3.63, 3.8) is 0 Å². The maximum Gasteiger partial charge on any atom is 0.0208 e. The van der Waals surface area contributed by atoms with Gasteiger partial charge in [-0.2, -0.15) is 0 Å². The first-order chi connectivity index (χ1) is 7.78. The van der Waals surface area contributed by atoms with E-state index in [4.69, 9.17) is 0 Å². The summed E-state index contributed by atoms with van der Waals surface area (Å²) in [6, 6.07) is 0. The lowest BCUT2D eigenvalue weighted by atomic mass is 10.1. The maximum absolute atomic E-state index is 3.71. The van der Waals surface area contributed by atoms with Crippen molar-refractivity contribution in [1.82, 2.24) is 5.32 Å². The van der Waals surface area contributed by atoms with Gasteiger partial charge >= 0.3 is 0 Å². The fourth-order valence-electron chi connectivity index (χ4n) is 1.37. The number of hydrogen-bond acceptors (Lipinski definition) is 1. The summed E-state index contributed by atoms with van der Waals surface area (Å²) in [7, 11) is 0. The molecule has 0 aromatic heterocycles. The fraction of sp³-hybridized carbons (Fsp3) is 0.333. The highest BCUT2D eigenvalue weighted by molar-refractivity contribution is 5.24. The maximum atomic E-state index is 3.71. The van der Waals surface area contributed by atoms with Crippen LogP contribution in [0.5, 0.6) is 0 Å². The smallest absolute Gasteiger partial charge is 0.0208 e. The van der Waals surface area contributed by atoms with Gasteiger partial charge in [-0.3, -0.25) is 0 Å². The monoisotopic (exact) mass is 217 g/mol. The predicted molar refractivity (Wildman–Crippen MR) is 74.5 cm³/mol. The van der Waals surface area contributed by atoms with Crippen LogP contribution in [0.25, 0.3) is 0 Å². The molecule has 0 atom stereocenters. The van der Waals surface area contributed by atoms with Gasteiger partial charge in [0.1, 0.15) is 0 Å². The Morgan fingerprint density at radius 2 is 1.81 bits per heavy atom. The highest BCUT2D eigenvalue weighted by Gasteiger charge is 1.94. The van der Waals surface area contributed by atoms with Crippen LogP contribution in [0.3, 0.4) is 0 Å². The largest absolute Gasteiger partial charge is 0.309 e. The van der Waals surface area contributed by atoms with Crippen LogP contribution in [0.1, 0.15) is 20.3 Å². The van der Waals surface area contributed by atoms with Crippen molar-refractivity contribution in [1.29, 1.82) is 0 Å². The molecule has 0 unspecified atom stereocenters. The highest BCUT2D eigenvalue weighted by atomic mass is 14.8. The van der Waals surface area contributed by atoms with Crippen LogP contribution in [-0.2, 0) is 0 Å². The molecular weight excluding hydrogens is 194 g/mol. The zero-order valence-corrected chi connectivity index (χ0v) is 10.5. The summed E-state index contributed by atoms with van der Waals surface area (Å²) in [5.41, 5.74) is 2.61. The number of rotatable bonds is 8. The molecule has 0 aromatic rings. The Morgan fingerprint density at radius 3 is 2.31 bits per heavy atom. The molecule has 1 nitrogen and oxygen atoms in total. The summed E-state index contributed by atoms with van der Waals surface area (Å²) in [4.78, 5) is 0. The van der Waals surface area contributed by atoms with Crippen LogP contribution in [0.4, 0.5) is 0 Å². The minimum Gasteiger partial charge on any atom is -0.309 e. The van der Waals surface area contributed by atoms with Crippen LogP contribution in [0.2, 0.25) is 0 Å². The van der Waals surface area contributed by atoms with Gasteiger partial charge in [0.15, 0.2) is 0 Å². The van der Waals surface area contributed by atoms with Gasteiger partial charge in [0, 0.05) is 13.1 Å². The molecule has 0 aliphatic heterocycles. The Kier molecular flexibility index (Phi) is 9.33. The summed E-state index contributed by atoms with van der Waals surface area (Å²) in [6.45, 7) is 13.4. The SMILES string of the molecule is C=C/C=C(\C=C/C)CNC/C(=C/C=C)CC. The molecule has 0 fully saturated rings. The van der Waals surface area contributed by atoms with E-state index in [1.54, 1.807) is 0 Å². The number of allylic oxidation sites excluding steroid dienone is 5. The third-order valence-corrected chi connectivity index (χ3v) is 2.20. The van der Waals surface area contributed by atoms with Crippen molar-refractivity contribution in [2.75, 3.05) is 13.1 Å². The molecule has 0 aromatic carbocycles. The Hall–Kier alpha value is -1.34. The van der Waals surface area contributed by atoms with E-state index < -0.39 is 0 Å². The van der Waals surface area contributed by atoms with Crippen LogP contribution in [-0.4, -0.2) is 13.1 Å². The van der Waals surface area contributed by atoms with Crippen LogP contribution in [0.15, 0.2) is 60.8 Å². The first kappa shape index (κ1) is 14.7. The summed E-state index contributed by atoms with van der Waals surface area (Å²) >= 11 is 0. The Bertz CT molecular complexity index is 293. The van der Waals surface area contributed by atoms with Gasteiger partial charge in [0.05, 0.1) is 0 Å². The van der Waals surface area contributed by atoms with Crippen molar-refractivity contribution < 1.29 is 0 Å². The standard InChI is InChI=1S/C15H23N/c1-5-9-14(8-4)12-16-13-15(10-6-2)11-7-3/h5-7,9-11,16H,1-2,8,12-13H2,3-4H3/b11-7-,14-9+,15-10+. The van der Waals surface area contributed by atoms with Crippen molar-refractivity contribution >= 4 is 0 Å². The average Bonchev–Trinajstić information content (AvgIpc) is 2.28. The zero-order valence-electron chi connectivity index (χ0n) is 10.5. The molecule has 1 N–H and O–H groups in total. The summed E-state index contributed by atoms with van der Waals surface area (Å²) in [5.74, 6) is 0. The zero-order chi connectivity index (χ0) is 12.2. The highest BCUT2D eigenvalue weighted by Crippen LogP contribution is 2.00. The molecule has 0 aliphatic carbocycles. The molecule has 0 bridgehead atoms. The van der Waals surface area contributed by atoms with E-state index in [2.05, 4.69) is 37.6 Å². The van der Waals surface area contributed by atoms with Gasteiger partial charge in [-0.05, 0) is 18.9 Å². The summed E-state index contributed by atoms with van der Waals surface area (Å²) in [5, 5.41) is 3.41. The molecule has 0 spiro atoms. The molecule has 0 rings (SSSR count). The molecule has 0 aliphatic rings. The van der Waals surface area contributed by atoms with Gasteiger partial charge in [-0.25, -0.2) is 0 Å². The molecule has 88 valence electrons. The van der Waals surface area contributed by atoms with E-state index in [1.165, 1.54) is 11.1 Å². The van der Waals surface area contributed by atoms with Gasteiger partial charge in [-0.15, -0.1) is 0 Å². The van der Waals surface area contributed by atoms with Crippen molar-refractivity contribution in [3.05, 3.63) is 60.8 Å². The molecule has 0 amide bonds. The van der Waals surface area contributed by atoms with E-state index in [-0.39, 0.29) is 0 Å². The fourth-order valence-corrected chi connectivity index (χ4v) is 1.37. The predicted octanol–water partition coefficient (Wildman–Crippen LogP) is 3.79. The number of hydrogen-bond donors (Lipinski definition) is 1. The quantitative estimate of drug-likeness (QED) is 0.610. The van der Waals surface area contributed by atoms with Crippen molar-refractivity contribution in [2.24, 2.45) is 0 Å². The molecule has 0 saturated heterocycles. The summed E-state index contributed by atoms with van der Waals surface area (Å²) in [6.07, 6.45) is 12.9. The first-order valence-electron chi connectivity index (χ1n) is 5.73. The Morgan fingerprint density at radius 1 is 1.12 bits per heavy atom. The summed E-state index contributed by atoms with van der Waals surface area (Å²) < 4.78 is 0. The van der Waals surface area contributed by atoms with E-state index in [0.29, 0.717) is 0 Å². The average molecular weight is 217 g/mol. The van der Waals surface area contributed by atoms with E-state index >= 15 is 0 Å². The minimum absolute atomic E-state index is 0.866. The van der Waals surface area contributed by atoms with Crippen LogP contribution < -0.4 is 5.32 Å². The van der Waals surface area contributed by atoms with Crippen LogP contribution in [0, 0.1) is 0 Å². The molecule has 1 heteroatoms. The van der Waals surface area contributed by atoms with Crippen molar-refractivity contribution in [2.45, 2.75) is 20.3 Å². The Labute approximate surface area is 100.0 Å². The molecule has 0 saturated carbocycles. The second-order valence-electron chi connectivity index (χ2n) is 3.50. The van der Waals surface area contributed by atoms with Gasteiger partial charge in [0.25, 0.3) is 0 Å². The van der Waals surface area contributed by atoms with Crippen LogP contribution >= 0.6 is 0 Å². The lowest BCUT2D eigenvalue weighted by molar-refractivity contribution is 0.779. The second-order valence-corrected chi connectivity index (χ2v) is 3.50. The topological polar surface area (TPSA) is 12.0 Å². The normalized spacial score (nSPS) is 13.1. The lowest BCUT2D eigenvalue weighted by Gasteiger charge is -2.07. The third kappa shape index (κ3) is 7.02. The van der Waals surface area contributed by atoms with E-state index in [1.807, 2.05) is 31.2 Å². The molecule has 16 heavy (non-hydrogen) atoms. The van der Waals surface area contributed by atoms with E-state index in [9.17, 15) is 0 Å². The third-order valence-electron chi connectivity index (χ3n) is 2.20. The molecule has 0 radical (unpaired) electrons.